The van der Waals surface area contributed by atoms with E-state index in [4.69, 9.17) is 33.2 Å². The monoisotopic (exact) mass is 777 g/mol. The molecule has 0 spiro atoms. The number of ether oxygens (including phenoxy) is 7. The molecule has 4 aliphatic rings. The maximum Gasteiger partial charge on any atom is 0.327 e. The molecule has 3 unspecified atom stereocenters. The molecule has 3 N–H and O–H groups in total. The largest absolute Gasteiger partial charge is 0.504 e. The van der Waals surface area contributed by atoms with Crippen molar-refractivity contribution in [2.24, 2.45) is 0 Å². The van der Waals surface area contributed by atoms with Crippen LogP contribution in [0, 0.1) is 13.8 Å². The number of methoxy groups -OCH3 is 3. The fourth-order valence-corrected chi connectivity index (χ4v) is 10.2. The molecule has 0 saturated carbocycles. The lowest BCUT2D eigenvalue weighted by atomic mass is 9.78. The lowest BCUT2D eigenvalue weighted by Gasteiger charge is -2.51. The Kier molecular flexibility index (Phi) is 11.4. The number of hydrogen-bond acceptors (Lipinski definition) is 14. The van der Waals surface area contributed by atoms with Gasteiger partial charge >= 0.3 is 11.9 Å². The van der Waals surface area contributed by atoms with Crippen molar-refractivity contribution in [3.05, 3.63) is 68.3 Å². The van der Waals surface area contributed by atoms with Crippen molar-refractivity contribution in [2.75, 3.05) is 61.1 Å². The van der Waals surface area contributed by atoms with E-state index in [0.717, 1.165) is 57.3 Å². The number of aromatic hydroxyl groups is 1. The van der Waals surface area contributed by atoms with Crippen LogP contribution in [-0.4, -0.2) is 89.1 Å². The van der Waals surface area contributed by atoms with Gasteiger partial charge < -0.3 is 48.9 Å². The van der Waals surface area contributed by atoms with Crippen LogP contribution in [0.2, 0.25) is 0 Å². The minimum atomic E-state index is -0.719. The Hall–Kier alpha value is -4.21. The highest BCUT2D eigenvalue weighted by molar-refractivity contribution is 7.98. The average molecular weight is 778 g/mol. The SMILES string of the molecule is CN[C@@H]1c2c(cc(C)c(OC)c2O)CCCN2C1C(SC)c1c(OC(C)=O)c(C)c3c(c1[C@@H]2COC(=O)C1NCCc2cc(COC)c(OC)cc21)OCO3. The molecule has 55 heavy (non-hydrogen) atoms. The normalized spacial score (nSPS) is 22.7. The van der Waals surface area contributed by atoms with Crippen LogP contribution in [0.4, 0.5) is 0 Å². The summed E-state index contributed by atoms with van der Waals surface area (Å²) in [6.45, 7) is 6.80. The first-order valence-electron chi connectivity index (χ1n) is 18.7. The number of phenolic OH excluding ortho intramolecular Hbond substituents is 1. The van der Waals surface area contributed by atoms with E-state index in [0.29, 0.717) is 60.4 Å². The number of nitrogens with zero attached hydrogens (tertiary/aromatic N) is 1. The minimum absolute atomic E-state index is 0.00120. The predicted molar refractivity (Wildman–Crippen MR) is 207 cm³/mol. The van der Waals surface area contributed by atoms with Gasteiger partial charge in [0.25, 0.3) is 0 Å². The topological polar surface area (TPSA) is 146 Å². The molecule has 0 amide bonds. The van der Waals surface area contributed by atoms with E-state index >= 15 is 0 Å². The maximum absolute atomic E-state index is 14.3. The highest BCUT2D eigenvalue weighted by Crippen LogP contribution is 2.60. The van der Waals surface area contributed by atoms with Crippen LogP contribution in [0.25, 0.3) is 0 Å². The van der Waals surface area contributed by atoms with E-state index in [1.165, 1.54) is 6.92 Å². The number of thioether (sulfide) groups is 1. The zero-order chi connectivity index (χ0) is 39.1. The Morgan fingerprint density at radius 2 is 1.80 bits per heavy atom. The van der Waals surface area contributed by atoms with Gasteiger partial charge in [0.1, 0.15) is 24.1 Å². The third-order valence-electron chi connectivity index (χ3n) is 11.4. The fraction of sp³-hybridized carbons (Fsp3) is 0.512. The van der Waals surface area contributed by atoms with Crippen molar-refractivity contribution in [3.63, 3.8) is 0 Å². The molecule has 0 radical (unpaired) electrons. The molecular weight excluding hydrogens is 727 g/mol. The van der Waals surface area contributed by atoms with Gasteiger partial charge in [0.15, 0.2) is 23.0 Å². The number of nitrogens with one attached hydrogen (secondary N) is 2. The van der Waals surface area contributed by atoms with Gasteiger partial charge in [0, 0.05) is 54.4 Å². The van der Waals surface area contributed by atoms with E-state index in [9.17, 15) is 14.7 Å². The first kappa shape index (κ1) is 39.0. The number of hydrogen-bond donors (Lipinski definition) is 3. The molecule has 4 heterocycles. The second-order valence-electron chi connectivity index (χ2n) is 14.4. The number of carbonyl (C=O) groups is 2. The molecule has 296 valence electrons. The van der Waals surface area contributed by atoms with Crippen molar-refractivity contribution >= 4 is 23.7 Å². The van der Waals surface area contributed by atoms with Gasteiger partial charge in [-0.2, -0.15) is 11.8 Å². The molecule has 0 fully saturated rings. The molecule has 5 atom stereocenters. The zero-order valence-corrected chi connectivity index (χ0v) is 33.6. The molecule has 0 aromatic heterocycles. The molecule has 0 bridgehead atoms. The summed E-state index contributed by atoms with van der Waals surface area (Å²) >= 11 is 1.63. The van der Waals surface area contributed by atoms with Crippen LogP contribution in [0.15, 0.2) is 18.2 Å². The molecule has 0 aliphatic carbocycles. The van der Waals surface area contributed by atoms with Crippen LogP contribution in [0.1, 0.15) is 86.8 Å². The Bertz CT molecular complexity index is 1990. The first-order chi connectivity index (χ1) is 26.6. The fourth-order valence-electron chi connectivity index (χ4n) is 9.19. The van der Waals surface area contributed by atoms with Gasteiger partial charge in [-0.25, -0.2) is 4.79 Å². The van der Waals surface area contributed by atoms with E-state index in [1.54, 1.807) is 33.1 Å². The molecule has 0 saturated heterocycles. The third kappa shape index (κ3) is 6.75. The minimum Gasteiger partial charge on any atom is -0.504 e. The summed E-state index contributed by atoms with van der Waals surface area (Å²) in [5, 5.41) is 18.5. The predicted octanol–water partition coefficient (Wildman–Crippen LogP) is 5.29. The van der Waals surface area contributed by atoms with Crippen LogP contribution >= 0.6 is 11.8 Å². The second kappa shape index (κ2) is 16.1. The Morgan fingerprint density at radius 3 is 2.49 bits per heavy atom. The molecule has 3 aromatic carbocycles. The zero-order valence-electron chi connectivity index (χ0n) is 32.8. The van der Waals surface area contributed by atoms with Crippen LogP contribution < -0.4 is 34.3 Å². The molecule has 3 aromatic rings. The number of fused-ring (bicyclic) bond motifs is 6. The highest BCUT2D eigenvalue weighted by atomic mass is 32.2. The summed E-state index contributed by atoms with van der Waals surface area (Å²) in [7, 11) is 6.70. The van der Waals surface area contributed by atoms with E-state index < -0.39 is 30.1 Å². The quantitative estimate of drug-likeness (QED) is 0.181. The summed E-state index contributed by atoms with van der Waals surface area (Å²) in [4.78, 5) is 29.4. The van der Waals surface area contributed by atoms with Gasteiger partial charge in [0.2, 0.25) is 6.79 Å². The Morgan fingerprint density at radius 1 is 1.02 bits per heavy atom. The van der Waals surface area contributed by atoms with Crippen LogP contribution in [0.5, 0.6) is 34.5 Å². The highest BCUT2D eigenvalue weighted by Gasteiger charge is 2.51. The second-order valence-corrected chi connectivity index (χ2v) is 15.4. The molecule has 7 rings (SSSR count). The third-order valence-corrected chi connectivity index (χ3v) is 12.4. The standard InChI is InChI=1S/C41H51N3O10S/c1-20-14-24-10-9-13-44-27(18-51-41(47)32-26-16-28(49-6)25(17-48-5)15-23(26)11-12-43-32)30-31(37(54-22(3)45)21(2)38-39(30)53-19-52-38)40(55-8)34(44)33(42-4)29(24)35(46)36(20)50-7/h14-16,27,32-34,40,42-43,46H,9-13,17-19H2,1-8H3/t27-,32?,33+,34?,40?/m0/s1. The van der Waals surface area contributed by atoms with Gasteiger partial charge in [0.05, 0.1) is 38.2 Å². The number of phenols is 1. The summed E-state index contributed by atoms with van der Waals surface area (Å²) in [6, 6.07) is 4.07. The number of esters is 2. The number of aryl methyl sites for hydroxylation is 2. The lowest BCUT2D eigenvalue weighted by molar-refractivity contribution is -0.149. The van der Waals surface area contributed by atoms with Gasteiger partial charge in [-0.3, -0.25) is 9.69 Å². The molecule has 4 aliphatic heterocycles. The average Bonchev–Trinajstić information content (AvgIpc) is 3.66. The van der Waals surface area contributed by atoms with Crippen molar-refractivity contribution in [3.8, 4) is 34.5 Å². The van der Waals surface area contributed by atoms with Gasteiger partial charge in [-0.15, -0.1) is 0 Å². The van der Waals surface area contributed by atoms with E-state index in [-0.39, 0.29) is 30.4 Å². The van der Waals surface area contributed by atoms with Crippen molar-refractivity contribution < 1.29 is 47.9 Å². The summed E-state index contributed by atoms with van der Waals surface area (Å²) in [5.41, 5.74) is 7.61. The van der Waals surface area contributed by atoms with Gasteiger partial charge in [-0.1, -0.05) is 6.07 Å². The van der Waals surface area contributed by atoms with Crippen LogP contribution in [0.3, 0.4) is 0 Å². The van der Waals surface area contributed by atoms with Crippen molar-refractivity contribution in [1.82, 2.24) is 15.5 Å². The van der Waals surface area contributed by atoms with Crippen LogP contribution in [-0.2, 0) is 38.5 Å². The first-order valence-corrected chi connectivity index (χ1v) is 19.9. The summed E-state index contributed by atoms with van der Waals surface area (Å²) in [6.07, 6.45) is 4.24. The smallest absolute Gasteiger partial charge is 0.327 e. The molecular formula is C41H51N3O10S. The van der Waals surface area contributed by atoms with Gasteiger partial charge in [-0.05, 0) is 87.3 Å². The summed E-state index contributed by atoms with van der Waals surface area (Å²) < 4.78 is 41.6. The van der Waals surface area contributed by atoms with Crippen molar-refractivity contribution in [1.29, 1.82) is 0 Å². The lowest BCUT2D eigenvalue weighted by Crippen LogP contribution is -2.54. The molecule has 14 heteroatoms. The number of benzene rings is 3. The Balaban J connectivity index is 1.37. The number of carbonyl (C=O) groups excluding carboxylic acids is 2. The number of likely N-dealkylation sites (N-methyl/N-ethyl adjacent to an activating group) is 1. The van der Waals surface area contributed by atoms with E-state index in [1.807, 2.05) is 39.3 Å². The Labute approximate surface area is 326 Å². The summed E-state index contributed by atoms with van der Waals surface area (Å²) in [5.74, 6) is 1.76. The molecule has 13 nitrogen and oxygen atoms in total. The van der Waals surface area contributed by atoms with Crippen molar-refractivity contribution in [2.45, 2.75) is 76.1 Å². The number of rotatable bonds is 10. The maximum atomic E-state index is 14.3. The van der Waals surface area contributed by atoms with E-state index in [2.05, 4.69) is 21.6 Å².